The molecule has 1 saturated carbocycles. The second-order valence-electron chi connectivity index (χ2n) is 3.66. The minimum absolute atomic E-state index is 0.0760. The Kier molecular flexibility index (Phi) is 4.02. The van der Waals surface area contributed by atoms with E-state index in [-0.39, 0.29) is 18.7 Å². The largest absolute Gasteiger partial charge is 0.396 e. The molecule has 0 aromatic carbocycles. The van der Waals surface area contributed by atoms with Gasteiger partial charge in [0.25, 0.3) is 0 Å². The summed E-state index contributed by atoms with van der Waals surface area (Å²) in [6.45, 7) is 2.14. The molecule has 0 aromatic heterocycles. The van der Waals surface area contributed by atoms with Crippen molar-refractivity contribution in [2.75, 3.05) is 6.61 Å². The van der Waals surface area contributed by atoms with Crippen LogP contribution in [0.1, 0.15) is 32.6 Å². The first-order valence-corrected chi connectivity index (χ1v) is 4.90. The summed E-state index contributed by atoms with van der Waals surface area (Å²) < 4.78 is 0. The average Bonchev–Trinajstić information content (AvgIpc) is 2.84. The Morgan fingerprint density at radius 2 is 2.31 bits per heavy atom. The fourth-order valence-corrected chi connectivity index (χ4v) is 1.15. The summed E-state index contributed by atoms with van der Waals surface area (Å²) >= 11 is 0. The molecule has 0 bridgehead atoms. The Labute approximate surface area is 78.7 Å². The number of amides is 2. The van der Waals surface area contributed by atoms with E-state index >= 15 is 0 Å². The van der Waals surface area contributed by atoms with Crippen molar-refractivity contribution < 1.29 is 9.90 Å². The first kappa shape index (κ1) is 10.3. The second kappa shape index (κ2) is 5.07. The minimum Gasteiger partial charge on any atom is -0.396 e. The van der Waals surface area contributed by atoms with E-state index in [0.717, 1.165) is 25.7 Å². The van der Waals surface area contributed by atoms with Gasteiger partial charge in [-0.1, -0.05) is 0 Å². The normalized spacial score (nSPS) is 18.0. The number of hydrogen-bond acceptors (Lipinski definition) is 2. The summed E-state index contributed by atoms with van der Waals surface area (Å²) in [6.07, 6.45) is 3.79. The Morgan fingerprint density at radius 3 is 2.85 bits per heavy atom. The van der Waals surface area contributed by atoms with E-state index in [4.69, 9.17) is 5.11 Å². The molecular weight excluding hydrogens is 168 g/mol. The Balaban J connectivity index is 2.03. The van der Waals surface area contributed by atoms with Gasteiger partial charge >= 0.3 is 6.03 Å². The van der Waals surface area contributed by atoms with Crippen molar-refractivity contribution in [1.29, 1.82) is 0 Å². The van der Waals surface area contributed by atoms with Crippen LogP contribution in [0, 0.1) is 0 Å². The molecule has 1 aliphatic carbocycles. The van der Waals surface area contributed by atoms with Crippen molar-refractivity contribution in [2.45, 2.75) is 44.7 Å². The van der Waals surface area contributed by atoms with Gasteiger partial charge in [-0.15, -0.1) is 0 Å². The third-order valence-electron chi connectivity index (χ3n) is 2.09. The average molecular weight is 186 g/mol. The van der Waals surface area contributed by atoms with Crippen LogP contribution in [-0.4, -0.2) is 29.8 Å². The number of carbonyl (C=O) groups is 1. The summed E-state index contributed by atoms with van der Waals surface area (Å²) in [5.74, 6) is 0. The maximum atomic E-state index is 11.2. The van der Waals surface area contributed by atoms with E-state index in [1.165, 1.54) is 0 Å². The highest BCUT2D eigenvalue weighted by Gasteiger charge is 2.23. The number of urea groups is 1. The summed E-state index contributed by atoms with van der Waals surface area (Å²) in [6, 6.07) is 0.476. The predicted octanol–water partition coefficient (Wildman–Crippen LogP) is 0.609. The molecule has 0 heterocycles. The van der Waals surface area contributed by atoms with Crippen LogP contribution in [0.25, 0.3) is 0 Å². The maximum absolute atomic E-state index is 11.2. The molecule has 13 heavy (non-hydrogen) atoms. The van der Waals surface area contributed by atoms with Gasteiger partial charge < -0.3 is 15.7 Å². The first-order valence-electron chi connectivity index (χ1n) is 4.90. The van der Waals surface area contributed by atoms with Crippen molar-refractivity contribution in [3.8, 4) is 0 Å². The Morgan fingerprint density at radius 1 is 1.62 bits per heavy atom. The molecular formula is C9H18N2O2. The van der Waals surface area contributed by atoms with Gasteiger partial charge in [0, 0.05) is 18.7 Å². The van der Waals surface area contributed by atoms with Crippen molar-refractivity contribution >= 4 is 6.03 Å². The van der Waals surface area contributed by atoms with Crippen LogP contribution in [0.5, 0.6) is 0 Å². The molecule has 3 N–H and O–H groups in total. The highest BCUT2D eigenvalue weighted by Crippen LogP contribution is 2.18. The third-order valence-corrected chi connectivity index (χ3v) is 2.09. The fraction of sp³-hybridized carbons (Fsp3) is 0.889. The van der Waals surface area contributed by atoms with Gasteiger partial charge in [-0.2, -0.15) is 0 Å². The molecule has 1 fully saturated rings. The molecule has 0 spiro atoms. The van der Waals surface area contributed by atoms with E-state index in [1.807, 2.05) is 6.92 Å². The standard InChI is InChI=1S/C9H18N2O2/c1-7(3-2-6-12)10-9(13)11-8-4-5-8/h7-8,12H,2-6H2,1H3,(H2,10,11,13). The van der Waals surface area contributed by atoms with Crippen molar-refractivity contribution in [3.05, 3.63) is 0 Å². The number of aliphatic hydroxyl groups excluding tert-OH is 1. The van der Waals surface area contributed by atoms with E-state index in [9.17, 15) is 4.79 Å². The van der Waals surface area contributed by atoms with Crippen LogP contribution in [0.2, 0.25) is 0 Å². The van der Waals surface area contributed by atoms with Crippen LogP contribution < -0.4 is 10.6 Å². The van der Waals surface area contributed by atoms with Gasteiger partial charge in [-0.25, -0.2) is 4.79 Å². The molecule has 0 aromatic rings. The first-order chi connectivity index (χ1) is 6.22. The minimum atomic E-state index is -0.0760. The lowest BCUT2D eigenvalue weighted by atomic mass is 10.2. The second-order valence-corrected chi connectivity index (χ2v) is 3.66. The lowest BCUT2D eigenvalue weighted by molar-refractivity contribution is 0.234. The molecule has 1 atom stereocenters. The number of hydrogen-bond donors (Lipinski definition) is 3. The molecule has 1 unspecified atom stereocenters. The highest BCUT2D eigenvalue weighted by molar-refractivity contribution is 5.74. The van der Waals surface area contributed by atoms with Crippen LogP contribution >= 0.6 is 0 Å². The Bertz CT molecular complexity index is 169. The fourth-order valence-electron chi connectivity index (χ4n) is 1.15. The van der Waals surface area contributed by atoms with E-state index in [2.05, 4.69) is 10.6 Å². The topological polar surface area (TPSA) is 61.4 Å². The molecule has 76 valence electrons. The van der Waals surface area contributed by atoms with Gasteiger partial charge in [0.1, 0.15) is 0 Å². The smallest absolute Gasteiger partial charge is 0.315 e. The third kappa shape index (κ3) is 4.72. The van der Waals surface area contributed by atoms with Crippen molar-refractivity contribution in [2.24, 2.45) is 0 Å². The Hall–Kier alpha value is -0.770. The molecule has 4 nitrogen and oxygen atoms in total. The van der Waals surface area contributed by atoms with Crippen LogP contribution in [0.4, 0.5) is 4.79 Å². The van der Waals surface area contributed by atoms with Gasteiger partial charge in [-0.05, 0) is 32.6 Å². The molecule has 0 aliphatic heterocycles. The lowest BCUT2D eigenvalue weighted by Crippen LogP contribution is -2.41. The van der Waals surface area contributed by atoms with Crippen LogP contribution in [-0.2, 0) is 0 Å². The zero-order valence-electron chi connectivity index (χ0n) is 8.05. The van der Waals surface area contributed by atoms with Gasteiger partial charge in [0.15, 0.2) is 0 Å². The molecule has 0 saturated heterocycles. The van der Waals surface area contributed by atoms with E-state index in [1.54, 1.807) is 0 Å². The van der Waals surface area contributed by atoms with Crippen molar-refractivity contribution in [3.63, 3.8) is 0 Å². The number of rotatable bonds is 5. The molecule has 4 heteroatoms. The summed E-state index contributed by atoms with van der Waals surface area (Å²) in [5.41, 5.74) is 0. The summed E-state index contributed by atoms with van der Waals surface area (Å²) in [4.78, 5) is 11.2. The maximum Gasteiger partial charge on any atom is 0.315 e. The number of carbonyl (C=O) groups excluding carboxylic acids is 1. The van der Waals surface area contributed by atoms with E-state index in [0.29, 0.717) is 6.04 Å². The monoisotopic (exact) mass is 186 g/mol. The van der Waals surface area contributed by atoms with Crippen LogP contribution in [0.3, 0.4) is 0 Å². The van der Waals surface area contributed by atoms with Crippen molar-refractivity contribution in [1.82, 2.24) is 10.6 Å². The van der Waals surface area contributed by atoms with E-state index < -0.39 is 0 Å². The van der Waals surface area contributed by atoms with Crippen LogP contribution in [0.15, 0.2) is 0 Å². The summed E-state index contributed by atoms with van der Waals surface area (Å²) in [7, 11) is 0. The molecule has 1 rings (SSSR count). The molecule has 0 radical (unpaired) electrons. The molecule has 1 aliphatic rings. The number of nitrogens with one attached hydrogen (secondary N) is 2. The summed E-state index contributed by atoms with van der Waals surface area (Å²) in [5, 5.41) is 14.2. The SMILES string of the molecule is CC(CCCO)NC(=O)NC1CC1. The quantitative estimate of drug-likeness (QED) is 0.589. The highest BCUT2D eigenvalue weighted by atomic mass is 16.3. The zero-order valence-corrected chi connectivity index (χ0v) is 8.05. The van der Waals surface area contributed by atoms with Gasteiger partial charge in [0.2, 0.25) is 0 Å². The van der Waals surface area contributed by atoms with Gasteiger partial charge in [0.05, 0.1) is 0 Å². The lowest BCUT2D eigenvalue weighted by Gasteiger charge is -2.13. The predicted molar refractivity (Wildman–Crippen MR) is 50.5 cm³/mol. The van der Waals surface area contributed by atoms with Gasteiger partial charge in [-0.3, -0.25) is 0 Å². The number of aliphatic hydroxyl groups is 1. The zero-order chi connectivity index (χ0) is 9.68. The molecule has 2 amide bonds.